The molecule has 5 heteroatoms. The second-order valence-electron chi connectivity index (χ2n) is 9.19. The monoisotopic (exact) mass is 498 g/mol. The Kier molecular flexibility index (Phi) is 10.4. The molecule has 3 aromatic rings. The van der Waals surface area contributed by atoms with Gasteiger partial charge in [0.1, 0.15) is 0 Å². The first-order valence-corrected chi connectivity index (χ1v) is 12.4. The van der Waals surface area contributed by atoms with Crippen LogP contribution >= 0.6 is 24.0 Å². The highest BCUT2D eigenvalue weighted by molar-refractivity contribution is 6.30. The lowest BCUT2D eigenvalue weighted by Crippen LogP contribution is -2.48. The molecule has 3 nitrogen and oxygen atoms in total. The third-order valence-electron chi connectivity index (χ3n) is 6.54. The van der Waals surface area contributed by atoms with E-state index in [-0.39, 0.29) is 18.4 Å². The van der Waals surface area contributed by atoms with Gasteiger partial charge in [-0.2, -0.15) is 0 Å². The van der Waals surface area contributed by atoms with Gasteiger partial charge in [0.2, 0.25) is 0 Å². The molecule has 0 spiro atoms. The number of hydrogen-bond acceptors (Lipinski definition) is 3. The summed E-state index contributed by atoms with van der Waals surface area (Å²) in [7, 11) is 0. The molecule has 0 amide bonds. The van der Waals surface area contributed by atoms with Gasteiger partial charge >= 0.3 is 0 Å². The normalized spacial score (nSPS) is 15.8. The molecule has 0 aliphatic carbocycles. The van der Waals surface area contributed by atoms with E-state index < -0.39 is 0 Å². The van der Waals surface area contributed by atoms with Crippen molar-refractivity contribution in [1.82, 2.24) is 9.80 Å². The molecule has 1 saturated heterocycles. The summed E-state index contributed by atoms with van der Waals surface area (Å²) in [5.41, 5.74) is 5.26. The van der Waals surface area contributed by atoms with Crippen LogP contribution in [-0.2, 0) is 11.3 Å². The van der Waals surface area contributed by atoms with Gasteiger partial charge in [-0.15, -0.1) is 12.4 Å². The van der Waals surface area contributed by atoms with Crippen molar-refractivity contribution < 1.29 is 4.74 Å². The van der Waals surface area contributed by atoms with Gasteiger partial charge in [0.15, 0.2) is 0 Å². The van der Waals surface area contributed by atoms with Crippen LogP contribution in [-0.4, -0.2) is 49.1 Å². The molecule has 1 unspecified atom stereocenters. The minimum atomic E-state index is 0. The van der Waals surface area contributed by atoms with Gasteiger partial charge in [0.05, 0.1) is 19.3 Å². The van der Waals surface area contributed by atoms with Gasteiger partial charge in [-0.05, 0) is 40.3 Å². The molecule has 3 aromatic carbocycles. The van der Waals surface area contributed by atoms with Crippen LogP contribution in [0.2, 0.25) is 5.02 Å². The standard InChI is InChI=1S/C29H35ClN2O.ClH/c1-23(2)25-10-8-24(9-11-25)22-33-21-20-31-16-18-32(19-17-31)29(26-6-4-3-5-7-26)27-12-14-28(30)15-13-27;/h3-15,23,29H,16-22H2,1-2H3;1H. The summed E-state index contributed by atoms with van der Waals surface area (Å²) in [5, 5.41) is 0.784. The topological polar surface area (TPSA) is 15.7 Å². The van der Waals surface area contributed by atoms with Crippen molar-refractivity contribution >= 4 is 24.0 Å². The van der Waals surface area contributed by atoms with Crippen molar-refractivity contribution in [3.05, 3.63) is 106 Å². The highest BCUT2D eigenvalue weighted by Gasteiger charge is 2.26. The number of piperazine rings is 1. The Balaban J connectivity index is 0.00000324. The number of rotatable bonds is 9. The molecule has 1 heterocycles. The summed E-state index contributed by atoms with van der Waals surface area (Å²) in [6.45, 7) is 11.1. The molecular formula is C29H36Cl2N2O. The van der Waals surface area contributed by atoms with E-state index in [2.05, 4.69) is 90.4 Å². The summed E-state index contributed by atoms with van der Waals surface area (Å²) in [5.74, 6) is 0.569. The third-order valence-corrected chi connectivity index (χ3v) is 6.79. The molecule has 1 atom stereocenters. The van der Waals surface area contributed by atoms with Crippen LogP contribution in [0.5, 0.6) is 0 Å². The maximum absolute atomic E-state index is 6.15. The number of benzene rings is 3. The zero-order valence-electron chi connectivity index (χ0n) is 20.2. The molecule has 1 fully saturated rings. The Hall–Kier alpha value is -1.88. The Morgan fingerprint density at radius 2 is 1.35 bits per heavy atom. The highest BCUT2D eigenvalue weighted by Crippen LogP contribution is 2.30. The molecule has 1 aliphatic heterocycles. The predicted octanol–water partition coefficient (Wildman–Crippen LogP) is 6.81. The Bertz CT molecular complexity index is 969. The Labute approximate surface area is 216 Å². The van der Waals surface area contributed by atoms with Gasteiger partial charge in [-0.25, -0.2) is 0 Å². The molecular weight excluding hydrogens is 463 g/mol. The SMILES string of the molecule is CC(C)c1ccc(COCCN2CCN(C(c3ccccc3)c3ccc(Cl)cc3)CC2)cc1.Cl. The second-order valence-corrected chi connectivity index (χ2v) is 9.63. The number of hydrogen-bond donors (Lipinski definition) is 0. The van der Waals surface area contributed by atoms with Crippen molar-refractivity contribution in [2.45, 2.75) is 32.4 Å². The number of ether oxygens (including phenoxy) is 1. The average molecular weight is 500 g/mol. The summed E-state index contributed by atoms with van der Waals surface area (Å²) in [6, 6.07) is 28.2. The zero-order valence-corrected chi connectivity index (χ0v) is 21.8. The van der Waals surface area contributed by atoms with Crippen molar-refractivity contribution in [3.8, 4) is 0 Å². The first-order valence-electron chi connectivity index (χ1n) is 12.0. The second kappa shape index (κ2) is 13.3. The molecule has 0 radical (unpaired) electrons. The lowest BCUT2D eigenvalue weighted by Gasteiger charge is -2.39. The number of nitrogens with zero attached hydrogens (tertiary/aromatic N) is 2. The van der Waals surface area contributed by atoms with E-state index in [1.54, 1.807) is 0 Å². The summed E-state index contributed by atoms with van der Waals surface area (Å²) in [4.78, 5) is 5.11. The van der Waals surface area contributed by atoms with Crippen LogP contribution in [0.3, 0.4) is 0 Å². The smallest absolute Gasteiger partial charge is 0.0717 e. The van der Waals surface area contributed by atoms with Crippen molar-refractivity contribution in [2.75, 3.05) is 39.3 Å². The highest BCUT2D eigenvalue weighted by atomic mass is 35.5. The van der Waals surface area contributed by atoms with Gasteiger partial charge < -0.3 is 4.74 Å². The minimum Gasteiger partial charge on any atom is -0.375 e. The maximum atomic E-state index is 6.15. The van der Waals surface area contributed by atoms with Crippen molar-refractivity contribution in [2.24, 2.45) is 0 Å². The molecule has 4 rings (SSSR count). The van der Waals surface area contributed by atoms with E-state index >= 15 is 0 Å². The fourth-order valence-electron chi connectivity index (χ4n) is 4.52. The fraction of sp³-hybridized carbons (Fsp3) is 0.379. The van der Waals surface area contributed by atoms with E-state index in [4.69, 9.17) is 16.3 Å². The summed E-state index contributed by atoms with van der Waals surface area (Å²) >= 11 is 6.15. The molecule has 1 aliphatic rings. The van der Waals surface area contributed by atoms with E-state index in [1.807, 2.05) is 12.1 Å². The minimum absolute atomic E-state index is 0. The van der Waals surface area contributed by atoms with Crippen LogP contribution < -0.4 is 0 Å². The van der Waals surface area contributed by atoms with E-state index in [1.165, 1.54) is 22.3 Å². The Morgan fingerprint density at radius 3 is 1.97 bits per heavy atom. The largest absolute Gasteiger partial charge is 0.375 e. The van der Waals surface area contributed by atoms with Crippen molar-refractivity contribution in [3.63, 3.8) is 0 Å². The predicted molar refractivity (Wildman–Crippen MR) is 145 cm³/mol. The van der Waals surface area contributed by atoms with E-state index in [0.29, 0.717) is 12.5 Å². The molecule has 0 saturated carbocycles. The maximum Gasteiger partial charge on any atom is 0.0717 e. The van der Waals surface area contributed by atoms with Crippen LogP contribution in [0.1, 0.15) is 48.1 Å². The van der Waals surface area contributed by atoms with Gasteiger partial charge in [0.25, 0.3) is 0 Å². The van der Waals surface area contributed by atoms with Crippen LogP contribution in [0.25, 0.3) is 0 Å². The van der Waals surface area contributed by atoms with E-state index in [0.717, 1.165) is 44.4 Å². The summed E-state index contributed by atoms with van der Waals surface area (Å²) in [6.07, 6.45) is 0. The summed E-state index contributed by atoms with van der Waals surface area (Å²) < 4.78 is 5.98. The lowest BCUT2D eigenvalue weighted by atomic mass is 9.96. The van der Waals surface area contributed by atoms with Crippen molar-refractivity contribution in [1.29, 1.82) is 0 Å². The molecule has 0 bridgehead atoms. The quantitative estimate of drug-likeness (QED) is 0.301. The molecule has 34 heavy (non-hydrogen) atoms. The average Bonchev–Trinajstić information content (AvgIpc) is 2.85. The molecule has 0 N–H and O–H groups in total. The molecule has 0 aromatic heterocycles. The first kappa shape index (κ1) is 26.7. The van der Waals surface area contributed by atoms with Crippen LogP contribution in [0.4, 0.5) is 0 Å². The van der Waals surface area contributed by atoms with E-state index in [9.17, 15) is 0 Å². The Morgan fingerprint density at radius 1 is 0.765 bits per heavy atom. The fourth-order valence-corrected chi connectivity index (χ4v) is 4.65. The lowest BCUT2D eigenvalue weighted by molar-refractivity contribution is 0.0608. The van der Waals surface area contributed by atoms with Gasteiger partial charge in [-0.1, -0.05) is 92.2 Å². The third kappa shape index (κ3) is 7.31. The molecule has 182 valence electrons. The van der Waals surface area contributed by atoms with Crippen LogP contribution in [0.15, 0.2) is 78.9 Å². The number of halogens is 2. The van der Waals surface area contributed by atoms with Crippen LogP contribution in [0, 0.1) is 0 Å². The van der Waals surface area contributed by atoms with Gasteiger partial charge in [0, 0.05) is 37.7 Å². The van der Waals surface area contributed by atoms with Gasteiger partial charge in [-0.3, -0.25) is 9.80 Å². The first-order chi connectivity index (χ1) is 16.1. The zero-order chi connectivity index (χ0) is 23.0.